The Kier molecular flexibility index (Phi) is 4.15. The molecule has 0 atom stereocenters. The third kappa shape index (κ3) is 2.86. The van der Waals surface area contributed by atoms with E-state index in [4.69, 9.17) is 22.1 Å². The maximum atomic E-state index is 11.6. The van der Waals surface area contributed by atoms with Crippen molar-refractivity contribution < 1.29 is 9.53 Å². The number of methoxy groups -OCH3 is 1. The van der Waals surface area contributed by atoms with Crippen molar-refractivity contribution in [3.05, 3.63) is 52.5 Å². The lowest BCUT2D eigenvalue weighted by molar-refractivity contribution is 0.0602. The number of nitrogen functional groups attached to an aromatic ring is 1. The average molecular weight is 291 g/mol. The first-order valence-electron chi connectivity index (χ1n) is 6.03. The summed E-state index contributed by atoms with van der Waals surface area (Å²) in [5.74, 6) is -0.470. The molecule has 0 saturated heterocycles. The summed E-state index contributed by atoms with van der Waals surface area (Å²) in [6.07, 6.45) is 0. The zero-order chi connectivity index (χ0) is 14.7. The molecule has 20 heavy (non-hydrogen) atoms. The molecule has 5 heteroatoms. The van der Waals surface area contributed by atoms with E-state index in [2.05, 4.69) is 5.32 Å². The molecular formula is C15H15ClN2O2. The number of ether oxygens (including phenoxy) is 1. The number of halogens is 1. The van der Waals surface area contributed by atoms with Gasteiger partial charge < -0.3 is 15.8 Å². The number of para-hydroxylation sites is 1. The third-order valence-corrected chi connectivity index (χ3v) is 3.26. The first-order chi connectivity index (χ1) is 9.52. The quantitative estimate of drug-likeness (QED) is 0.667. The minimum atomic E-state index is -0.470. The Balaban J connectivity index is 2.37. The van der Waals surface area contributed by atoms with Crippen LogP contribution in [0, 0.1) is 6.92 Å². The van der Waals surface area contributed by atoms with Crippen LogP contribution in [0.25, 0.3) is 0 Å². The number of carbonyl (C=O) groups excluding carboxylic acids is 1. The minimum absolute atomic E-state index is 0.321. The summed E-state index contributed by atoms with van der Waals surface area (Å²) in [4.78, 5) is 11.6. The summed E-state index contributed by atoms with van der Waals surface area (Å²) < 4.78 is 4.70. The molecule has 0 aliphatic heterocycles. The number of hydrogen-bond acceptors (Lipinski definition) is 4. The van der Waals surface area contributed by atoms with Gasteiger partial charge in [0, 0.05) is 11.4 Å². The summed E-state index contributed by atoms with van der Waals surface area (Å²) in [5.41, 5.74) is 8.99. The molecule has 0 spiro atoms. The molecule has 2 aromatic carbocycles. The van der Waals surface area contributed by atoms with Crippen molar-refractivity contribution in [1.29, 1.82) is 0 Å². The van der Waals surface area contributed by atoms with Crippen molar-refractivity contribution in [2.45, 2.75) is 6.92 Å². The fourth-order valence-corrected chi connectivity index (χ4v) is 2.12. The lowest BCUT2D eigenvalue weighted by Crippen LogP contribution is -2.06. The summed E-state index contributed by atoms with van der Waals surface area (Å²) in [7, 11) is 1.32. The molecule has 3 N–H and O–H groups in total. The summed E-state index contributed by atoms with van der Waals surface area (Å²) in [6.45, 7) is 1.95. The van der Waals surface area contributed by atoms with E-state index in [9.17, 15) is 4.79 Å². The van der Waals surface area contributed by atoms with Gasteiger partial charge in [0.1, 0.15) is 0 Å². The zero-order valence-electron chi connectivity index (χ0n) is 11.2. The van der Waals surface area contributed by atoms with Crippen molar-refractivity contribution >= 4 is 34.6 Å². The van der Waals surface area contributed by atoms with E-state index in [0.717, 1.165) is 16.9 Å². The number of benzene rings is 2. The van der Waals surface area contributed by atoms with Gasteiger partial charge in [-0.05, 0) is 36.8 Å². The summed E-state index contributed by atoms with van der Waals surface area (Å²) >= 11 is 6.16. The van der Waals surface area contributed by atoms with Crippen LogP contribution in [0.1, 0.15) is 15.9 Å². The molecule has 2 aromatic rings. The van der Waals surface area contributed by atoms with Crippen molar-refractivity contribution in [1.82, 2.24) is 0 Å². The van der Waals surface area contributed by atoms with E-state index in [1.165, 1.54) is 7.11 Å². The lowest BCUT2D eigenvalue weighted by Gasteiger charge is -2.13. The van der Waals surface area contributed by atoms with E-state index in [0.29, 0.717) is 16.3 Å². The van der Waals surface area contributed by atoms with Gasteiger partial charge in [0.05, 0.1) is 23.4 Å². The Bertz CT molecular complexity index is 636. The molecule has 0 bridgehead atoms. The van der Waals surface area contributed by atoms with Crippen molar-refractivity contribution in [3.8, 4) is 0 Å². The zero-order valence-corrected chi connectivity index (χ0v) is 12.0. The van der Waals surface area contributed by atoms with Gasteiger partial charge in [-0.2, -0.15) is 0 Å². The standard InChI is InChI=1S/C15H15ClN2O2/c1-9-4-3-5-12(16)14(9)18-10-6-7-13(17)11(8-10)15(19)20-2/h3-8,18H,17H2,1-2H3. The molecule has 0 fully saturated rings. The first-order valence-corrected chi connectivity index (χ1v) is 6.40. The number of rotatable bonds is 3. The smallest absolute Gasteiger partial charge is 0.340 e. The van der Waals surface area contributed by atoms with Crippen LogP contribution in [0.3, 0.4) is 0 Å². The second kappa shape index (κ2) is 5.84. The van der Waals surface area contributed by atoms with Crippen LogP contribution in [0.4, 0.5) is 17.1 Å². The van der Waals surface area contributed by atoms with Gasteiger partial charge in [-0.25, -0.2) is 4.79 Å². The highest BCUT2D eigenvalue weighted by Gasteiger charge is 2.11. The number of anilines is 3. The van der Waals surface area contributed by atoms with Gasteiger partial charge in [0.15, 0.2) is 0 Å². The molecule has 0 aliphatic carbocycles. The van der Waals surface area contributed by atoms with Crippen LogP contribution in [-0.2, 0) is 4.74 Å². The van der Waals surface area contributed by atoms with E-state index >= 15 is 0 Å². The van der Waals surface area contributed by atoms with E-state index in [1.54, 1.807) is 24.3 Å². The largest absolute Gasteiger partial charge is 0.465 e. The van der Waals surface area contributed by atoms with Gasteiger partial charge in [0.25, 0.3) is 0 Å². The first kappa shape index (κ1) is 14.2. The van der Waals surface area contributed by atoms with Gasteiger partial charge in [-0.15, -0.1) is 0 Å². The second-order valence-electron chi connectivity index (χ2n) is 4.35. The monoisotopic (exact) mass is 290 g/mol. The predicted molar refractivity (Wildman–Crippen MR) is 81.7 cm³/mol. The van der Waals surface area contributed by atoms with Crippen molar-refractivity contribution in [3.63, 3.8) is 0 Å². The lowest BCUT2D eigenvalue weighted by atomic mass is 10.1. The molecule has 0 unspecified atom stereocenters. The fourth-order valence-electron chi connectivity index (χ4n) is 1.86. The molecule has 104 valence electrons. The topological polar surface area (TPSA) is 64.3 Å². The van der Waals surface area contributed by atoms with Crippen molar-refractivity contribution in [2.75, 3.05) is 18.2 Å². The normalized spacial score (nSPS) is 10.2. The Labute approximate surface area is 122 Å². The fraction of sp³-hybridized carbons (Fsp3) is 0.133. The van der Waals surface area contributed by atoms with Crippen molar-refractivity contribution in [2.24, 2.45) is 0 Å². The molecule has 0 amide bonds. The minimum Gasteiger partial charge on any atom is -0.465 e. The van der Waals surface area contributed by atoms with E-state index in [-0.39, 0.29) is 0 Å². The maximum Gasteiger partial charge on any atom is 0.340 e. The Morgan fingerprint density at radius 1 is 1.30 bits per heavy atom. The van der Waals surface area contributed by atoms with Crippen LogP contribution in [-0.4, -0.2) is 13.1 Å². The number of carbonyl (C=O) groups is 1. The van der Waals surface area contributed by atoms with Crippen LogP contribution in [0.5, 0.6) is 0 Å². The summed E-state index contributed by atoms with van der Waals surface area (Å²) in [6, 6.07) is 10.7. The Morgan fingerprint density at radius 3 is 2.70 bits per heavy atom. The molecule has 4 nitrogen and oxygen atoms in total. The van der Waals surface area contributed by atoms with Gasteiger partial charge in [-0.3, -0.25) is 0 Å². The second-order valence-corrected chi connectivity index (χ2v) is 4.76. The average Bonchev–Trinajstić information content (AvgIpc) is 2.44. The van der Waals surface area contributed by atoms with E-state index in [1.807, 2.05) is 19.1 Å². The highest BCUT2D eigenvalue weighted by molar-refractivity contribution is 6.33. The summed E-state index contributed by atoms with van der Waals surface area (Å²) in [5, 5.41) is 3.80. The number of hydrogen-bond donors (Lipinski definition) is 2. The molecule has 0 saturated carbocycles. The molecular weight excluding hydrogens is 276 g/mol. The Hall–Kier alpha value is -2.20. The third-order valence-electron chi connectivity index (χ3n) is 2.95. The number of nitrogens with one attached hydrogen (secondary N) is 1. The molecule has 0 aliphatic rings. The van der Waals surface area contributed by atoms with Crippen LogP contribution < -0.4 is 11.1 Å². The predicted octanol–water partition coefficient (Wildman–Crippen LogP) is 3.76. The molecule has 2 rings (SSSR count). The van der Waals surface area contributed by atoms with Crippen LogP contribution in [0.15, 0.2) is 36.4 Å². The highest BCUT2D eigenvalue weighted by atomic mass is 35.5. The van der Waals surface area contributed by atoms with Crippen LogP contribution >= 0.6 is 11.6 Å². The van der Waals surface area contributed by atoms with Gasteiger partial charge in [-0.1, -0.05) is 23.7 Å². The number of nitrogens with two attached hydrogens (primary N) is 1. The maximum absolute atomic E-state index is 11.6. The molecule has 0 heterocycles. The SMILES string of the molecule is COC(=O)c1cc(Nc2c(C)cccc2Cl)ccc1N. The molecule has 0 radical (unpaired) electrons. The Morgan fingerprint density at radius 2 is 2.05 bits per heavy atom. The van der Waals surface area contributed by atoms with Gasteiger partial charge >= 0.3 is 5.97 Å². The van der Waals surface area contributed by atoms with E-state index < -0.39 is 5.97 Å². The van der Waals surface area contributed by atoms with Crippen LogP contribution in [0.2, 0.25) is 5.02 Å². The number of aryl methyl sites for hydroxylation is 1. The number of esters is 1. The molecule has 0 aromatic heterocycles. The van der Waals surface area contributed by atoms with Gasteiger partial charge in [0.2, 0.25) is 0 Å². The highest BCUT2D eigenvalue weighted by Crippen LogP contribution is 2.30.